The average Bonchev–Trinajstić information content (AvgIpc) is 3.22. The molecule has 20 heavy (non-hydrogen) atoms. The maximum atomic E-state index is 13.1. The van der Waals surface area contributed by atoms with Crippen LogP contribution in [0.1, 0.15) is 33.6 Å². The van der Waals surface area contributed by atoms with Crippen LogP contribution in [0, 0.1) is 17.6 Å². The van der Waals surface area contributed by atoms with Crippen molar-refractivity contribution in [2.45, 2.75) is 18.9 Å². The first-order valence-electron chi connectivity index (χ1n) is 6.08. The van der Waals surface area contributed by atoms with E-state index in [9.17, 15) is 23.5 Å². The zero-order valence-corrected chi connectivity index (χ0v) is 10.4. The molecule has 1 unspecified atom stereocenters. The summed E-state index contributed by atoms with van der Waals surface area (Å²) in [6.45, 7) is -0.0540. The van der Waals surface area contributed by atoms with E-state index in [1.54, 1.807) is 0 Å². The molecule has 1 aliphatic carbocycles. The van der Waals surface area contributed by atoms with E-state index in [1.807, 2.05) is 0 Å². The highest BCUT2D eigenvalue weighted by Gasteiger charge is 2.30. The molecular formula is C13H13F2NO4. The summed E-state index contributed by atoms with van der Waals surface area (Å²) < 4.78 is 26.1. The van der Waals surface area contributed by atoms with Crippen LogP contribution in [0.4, 0.5) is 8.78 Å². The van der Waals surface area contributed by atoms with E-state index in [2.05, 4.69) is 5.32 Å². The summed E-state index contributed by atoms with van der Waals surface area (Å²) in [6.07, 6.45) is 1.04. The zero-order chi connectivity index (χ0) is 14.9. The second-order valence-corrected chi connectivity index (χ2v) is 4.73. The third-order valence-electron chi connectivity index (χ3n) is 3.17. The first-order valence-corrected chi connectivity index (χ1v) is 6.08. The van der Waals surface area contributed by atoms with Gasteiger partial charge in [0.25, 0.3) is 5.91 Å². The number of carbonyl (C=O) groups is 2. The molecule has 108 valence electrons. The van der Waals surface area contributed by atoms with E-state index in [1.165, 1.54) is 0 Å². The van der Waals surface area contributed by atoms with Gasteiger partial charge in [-0.15, -0.1) is 0 Å². The minimum absolute atomic E-state index is 0.0540. The van der Waals surface area contributed by atoms with Crippen molar-refractivity contribution in [3.8, 4) is 0 Å². The van der Waals surface area contributed by atoms with Crippen molar-refractivity contribution in [3.63, 3.8) is 0 Å². The maximum absolute atomic E-state index is 13.1. The fourth-order valence-electron chi connectivity index (χ4n) is 1.85. The van der Waals surface area contributed by atoms with Gasteiger partial charge in [-0.1, -0.05) is 0 Å². The van der Waals surface area contributed by atoms with Crippen molar-refractivity contribution >= 4 is 11.9 Å². The SMILES string of the molecule is O=C(O)c1cc(F)c(F)cc1C(=O)NCC(O)C1CC1. The second-order valence-electron chi connectivity index (χ2n) is 4.73. The summed E-state index contributed by atoms with van der Waals surface area (Å²) in [5.41, 5.74) is -1.10. The Morgan fingerprint density at radius 1 is 1.25 bits per heavy atom. The van der Waals surface area contributed by atoms with Gasteiger partial charge in [-0.25, -0.2) is 13.6 Å². The molecular weight excluding hydrogens is 272 g/mol. The summed E-state index contributed by atoms with van der Waals surface area (Å²) >= 11 is 0. The molecule has 3 N–H and O–H groups in total. The van der Waals surface area contributed by atoms with E-state index in [0.717, 1.165) is 12.8 Å². The van der Waals surface area contributed by atoms with E-state index >= 15 is 0 Å². The molecule has 1 amide bonds. The van der Waals surface area contributed by atoms with Crippen LogP contribution in [-0.4, -0.2) is 34.7 Å². The number of aliphatic hydroxyl groups is 1. The Balaban J connectivity index is 2.15. The third-order valence-corrected chi connectivity index (χ3v) is 3.17. The first kappa shape index (κ1) is 14.4. The number of aliphatic hydroxyl groups excluding tert-OH is 1. The summed E-state index contributed by atoms with van der Waals surface area (Å²) in [6, 6.07) is 1.00. The second kappa shape index (κ2) is 5.54. The normalized spacial score (nSPS) is 15.8. The minimum Gasteiger partial charge on any atom is -0.478 e. The van der Waals surface area contributed by atoms with Gasteiger partial charge >= 0.3 is 5.97 Å². The average molecular weight is 285 g/mol. The van der Waals surface area contributed by atoms with E-state index in [4.69, 9.17) is 5.11 Å². The quantitative estimate of drug-likeness (QED) is 0.757. The van der Waals surface area contributed by atoms with Crippen molar-refractivity contribution in [3.05, 3.63) is 34.9 Å². The summed E-state index contributed by atoms with van der Waals surface area (Å²) in [5, 5.41) is 20.8. The number of carboxylic acid groups (broad SMARTS) is 1. The van der Waals surface area contributed by atoms with Crippen molar-refractivity contribution in [2.75, 3.05) is 6.54 Å². The molecule has 0 spiro atoms. The van der Waals surface area contributed by atoms with Gasteiger partial charge in [-0.2, -0.15) is 0 Å². The number of nitrogens with one attached hydrogen (secondary N) is 1. The summed E-state index contributed by atoms with van der Waals surface area (Å²) in [5.74, 6) is -4.89. The molecule has 5 nitrogen and oxygen atoms in total. The van der Waals surface area contributed by atoms with Crippen LogP contribution >= 0.6 is 0 Å². The Morgan fingerprint density at radius 2 is 1.80 bits per heavy atom. The van der Waals surface area contributed by atoms with Crippen LogP contribution in [0.25, 0.3) is 0 Å². The van der Waals surface area contributed by atoms with Crippen LogP contribution in [0.3, 0.4) is 0 Å². The zero-order valence-electron chi connectivity index (χ0n) is 10.4. The van der Waals surface area contributed by atoms with Gasteiger partial charge < -0.3 is 15.5 Å². The number of carbonyl (C=O) groups excluding carboxylic acids is 1. The Morgan fingerprint density at radius 3 is 2.30 bits per heavy atom. The molecule has 1 saturated carbocycles. The van der Waals surface area contributed by atoms with Gasteiger partial charge in [-0.05, 0) is 30.9 Å². The Kier molecular flexibility index (Phi) is 3.99. The fraction of sp³-hybridized carbons (Fsp3) is 0.385. The third kappa shape index (κ3) is 3.11. The smallest absolute Gasteiger partial charge is 0.336 e. The lowest BCUT2D eigenvalue weighted by Gasteiger charge is -2.12. The lowest BCUT2D eigenvalue weighted by Crippen LogP contribution is -2.34. The van der Waals surface area contributed by atoms with Crippen molar-refractivity contribution < 1.29 is 28.6 Å². The van der Waals surface area contributed by atoms with Gasteiger partial charge in [0.1, 0.15) is 0 Å². The minimum atomic E-state index is -1.53. The lowest BCUT2D eigenvalue weighted by atomic mass is 10.1. The van der Waals surface area contributed by atoms with Gasteiger partial charge in [0.2, 0.25) is 0 Å². The highest BCUT2D eigenvalue weighted by Crippen LogP contribution is 2.32. The van der Waals surface area contributed by atoms with Crippen LogP contribution in [0.5, 0.6) is 0 Å². The number of hydrogen-bond acceptors (Lipinski definition) is 3. The molecule has 1 aromatic carbocycles. The van der Waals surface area contributed by atoms with E-state index in [0.29, 0.717) is 12.1 Å². The van der Waals surface area contributed by atoms with Crippen molar-refractivity contribution in [2.24, 2.45) is 5.92 Å². The number of aromatic carboxylic acids is 1. The Hall–Kier alpha value is -2.02. The molecule has 2 rings (SSSR count). The molecule has 0 bridgehead atoms. The number of halogens is 2. The van der Waals surface area contributed by atoms with Crippen LogP contribution in [0.2, 0.25) is 0 Å². The Bertz CT molecular complexity index is 558. The number of rotatable bonds is 5. The molecule has 0 heterocycles. The molecule has 0 radical (unpaired) electrons. The lowest BCUT2D eigenvalue weighted by molar-refractivity contribution is 0.0689. The van der Waals surface area contributed by atoms with E-state index in [-0.39, 0.29) is 12.5 Å². The van der Waals surface area contributed by atoms with Gasteiger partial charge in [0, 0.05) is 6.54 Å². The highest BCUT2D eigenvalue weighted by atomic mass is 19.2. The predicted octanol–water partition coefficient (Wildman–Crippen LogP) is 1.16. The van der Waals surface area contributed by atoms with Crippen LogP contribution in [0.15, 0.2) is 12.1 Å². The van der Waals surface area contributed by atoms with Gasteiger partial charge in [0.05, 0.1) is 17.2 Å². The van der Waals surface area contributed by atoms with Crippen molar-refractivity contribution in [1.82, 2.24) is 5.32 Å². The molecule has 0 saturated heterocycles. The molecule has 1 fully saturated rings. The highest BCUT2D eigenvalue weighted by molar-refractivity contribution is 6.04. The summed E-state index contributed by atoms with van der Waals surface area (Å²) in [4.78, 5) is 22.7. The Labute approximate surface area is 113 Å². The van der Waals surface area contributed by atoms with E-state index < -0.39 is 40.7 Å². The van der Waals surface area contributed by atoms with Crippen LogP contribution < -0.4 is 5.32 Å². The van der Waals surface area contributed by atoms with Gasteiger partial charge in [0.15, 0.2) is 11.6 Å². The molecule has 1 aromatic rings. The molecule has 1 atom stereocenters. The first-order chi connectivity index (χ1) is 9.40. The molecule has 1 aliphatic rings. The largest absolute Gasteiger partial charge is 0.478 e. The monoisotopic (exact) mass is 285 g/mol. The predicted molar refractivity (Wildman–Crippen MR) is 64.4 cm³/mol. The molecule has 0 aliphatic heterocycles. The number of amides is 1. The van der Waals surface area contributed by atoms with Gasteiger partial charge in [-0.3, -0.25) is 4.79 Å². The maximum Gasteiger partial charge on any atom is 0.336 e. The number of carboxylic acids is 1. The van der Waals surface area contributed by atoms with Crippen LogP contribution in [-0.2, 0) is 0 Å². The molecule has 7 heteroatoms. The number of hydrogen-bond donors (Lipinski definition) is 3. The fourth-order valence-corrected chi connectivity index (χ4v) is 1.85. The molecule has 0 aromatic heterocycles. The van der Waals surface area contributed by atoms with Crippen molar-refractivity contribution in [1.29, 1.82) is 0 Å². The standard InChI is InChI=1S/C13H13F2NO4/c14-9-3-7(8(13(19)20)4-10(9)15)12(18)16-5-11(17)6-1-2-6/h3-4,6,11,17H,1-2,5H2,(H,16,18)(H,19,20). The number of benzene rings is 1. The summed E-state index contributed by atoms with van der Waals surface area (Å²) in [7, 11) is 0. The topological polar surface area (TPSA) is 86.6 Å².